The van der Waals surface area contributed by atoms with Gasteiger partial charge in [-0.05, 0) is 37.8 Å². The SMILES string of the molecule is CS(=O)(=O)N1CCC[C@H](C(=O)Nc2ccccc2C(=O)NC[C@H]2CCCO2)C1. The monoisotopic (exact) mass is 409 g/mol. The van der Waals surface area contributed by atoms with Gasteiger partial charge in [-0.1, -0.05) is 12.1 Å². The first-order valence-corrected chi connectivity index (χ1v) is 11.4. The number of anilines is 1. The number of hydrogen-bond acceptors (Lipinski definition) is 5. The molecule has 8 nitrogen and oxygen atoms in total. The maximum absolute atomic E-state index is 12.7. The summed E-state index contributed by atoms with van der Waals surface area (Å²) < 4.78 is 30.4. The van der Waals surface area contributed by atoms with Gasteiger partial charge in [0.25, 0.3) is 5.91 Å². The van der Waals surface area contributed by atoms with Crippen LogP contribution < -0.4 is 10.6 Å². The molecule has 1 aromatic carbocycles. The number of carbonyl (C=O) groups excluding carboxylic acids is 2. The molecule has 0 spiro atoms. The summed E-state index contributed by atoms with van der Waals surface area (Å²) in [5.74, 6) is -0.980. The Bertz CT molecular complexity index is 821. The van der Waals surface area contributed by atoms with Crippen LogP contribution in [0.2, 0.25) is 0 Å². The Hall–Kier alpha value is -1.97. The minimum Gasteiger partial charge on any atom is -0.376 e. The molecule has 2 aliphatic heterocycles. The van der Waals surface area contributed by atoms with Gasteiger partial charge in [-0.15, -0.1) is 0 Å². The van der Waals surface area contributed by atoms with E-state index in [0.29, 0.717) is 37.2 Å². The Balaban J connectivity index is 1.63. The topological polar surface area (TPSA) is 105 Å². The van der Waals surface area contributed by atoms with Crippen LogP contribution in [0.4, 0.5) is 5.69 Å². The van der Waals surface area contributed by atoms with Crippen molar-refractivity contribution in [3.8, 4) is 0 Å². The summed E-state index contributed by atoms with van der Waals surface area (Å²) in [6.45, 7) is 1.76. The van der Waals surface area contributed by atoms with E-state index < -0.39 is 15.9 Å². The number of rotatable bonds is 6. The van der Waals surface area contributed by atoms with E-state index >= 15 is 0 Å². The van der Waals surface area contributed by atoms with Crippen molar-refractivity contribution in [1.82, 2.24) is 9.62 Å². The lowest BCUT2D eigenvalue weighted by Crippen LogP contribution is -2.43. The lowest BCUT2D eigenvalue weighted by atomic mass is 9.98. The number of para-hydroxylation sites is 1. The van der Waals surface area contributed by atoms with Crippen molar-refractivity contribution in [1.29, 1.82) is 0 Å². The fourth-order valence-corrected chi connectivity index (χ4v) is 4.50. The van der Waals surface area contributed by atoms with Crippen molar-refractivity contribution in [2.45, 2.75) is 31.8 Å². The zero-order chi connectivity index (χ0) is 20.1. The molecule has 2 heterocycles. The minimum atomic E-state index is -3.32. The molecule has 9 heteroatoms. The van der Waals surface area contributed by atoms with Gasteiger partial charge in [-0.2, -0.15) is 0 Å². The van der Waals surface area contributed by atoms with Crippen LogP contribution in [0.1, 0.15) is 36.0 Å². The van der Waals surface area contributed by atoms with Gasteiger partial charge in [-0.25, -0.2) is 12.7 Å². The largest absolute Gasteiger partial charge is 0.376 e. The van der Waals surface area contributed by atoms with Crippen LogP contribution >= 0.6 is 0 Å². The van der Waals surface area contributed by atoms with Crippen LogP contribution in [0.15, 0.2) is 24.3 Å². The van der Waals surface area contributed by atoms with Gasteiger partial charge >= 0.3 is 0 Å². The molecule has 28 heavy (non-hydrogen) atoms. The first-order valence-electron chi connectivity index (χ1n) is 9.59. The Kier molecular flexibility index (Phi) is 6.69. The Morgan fingerprint density at radius 3 is 2.71 bits per heavy atom. The average molecular weight is 410 g/mol. The summed E-state index contributed by atoms with van der Waals surface area (Å²) in [6, 6.07) is 6.82. The quantitative estimate of drug-likeness (QED) is 0.735. The number of benzene rings is 1. The molecule has 0 radical (unpaired) electrons. The second-order valence-electron chi connectivity index (χ2n) is 7.34. The molecule has 2 atom stereocenters. The maximum atomic E-state index is 12.7. The summed E-state index contributed by atoms with van der Waals surface area (Å²) >= 11 is 0. The number of piperidine rings is 1. The van der Waals surface area contributed by atoms with Crippen molar-refractivity contribution in [2.24, 2.45) is 5.92 Å². The lowest BCUT2D eigenvalue weighted by molar-refractivity contribution is -0.120. The predicted molar refractivity (Wildman–Crippen MR) is 106 cm³/mol. The van der Waals surface area contributed by atoms with E-state index in [1.54, 1.807) is 24.3 Å². The molecule has 3 rings (SSSR count). The summed E-state index contributed by atoms with van der Waals surface area (Å²) in [7, 11) is -3.32. The van der Waals surface area contributed by atoms with Gasteiger partial charge in [0.1, 0.15) is 0 Å². The zero-order valence-electron chi connectivity index (χ0n) is 16.0. The fraction of sp³-hybridized carbons (Fsp3) is 0.579. The zero-order valence-corrected chi connectivity index (χ0v) is 16.8. The smallest absolute Gasteiger partial charge is 0.253 e. The van der Waals surface area contributed by atoms with Gasteiger partial charge < -0.3 is 15.4 Å². The van der Waals surface area contributed by atoms with E-state index in [9.17, 15) is 18.0 Å². The molecule has 2 saturated heterocycles. The third-order valence-corrected chi connectivity index (χ3v) is 6.44. The third-order valence-electron chi connectivity index (χ3n) is 5.17. The molecule has 2 N–H and O–H groups in total. The van der Waals surface area contributed by atoms with E-state index in [0.717, 1.165) is 25.7 Å². The van der Waals surface area contributed by atoms with Crippen LogP contribution in [0.5, 0.6) is 0 Å². The Morgan fingerprint density at radius 1 is 1.21 bits per heavy atom. The van der Waals surface area contributed by atoms with Crippen LogP contribution in [0.3, 0.4) is 0 Å². The lowest BCUT2D eigenvalue weighted by Gasteiger charge is -2.30. The highest BCUT2D eigenvalue weighted by Gasteiger charge is 2.30. The molecule has 0 unspecified atom stereocenters. The molecular weight excluding hydrogens is 382 g/mol. The number of carbonyl (C=O) groups is 2. The standard InChI is InChI=1S/C19H27N3O5S/c1-28(25,26)22-10-4-6-14(13-22)18(23)21-17-9-3-2-8-16(17)19(24)20-12-15-7-5-11-27-15/h2-3,8-9,14-15H,4-7,10-13H2,1H3,(H,20,24)(H,21,23)/t14-,15+/m0/s1. The van der Waals surface area contributed by atoms with Gasteiger partial charge in [0.2, 0.25) is 15.9 Å². The van der Waals surface area contributed by atoms with Crippen LogP contribution in [0, 0.1) is 5.92 Å². The first kappa shape index (κ1) is 20.8. The second-order valence-corrected chi connectivity index (χ2v) is 9.32. The predicted octanol–water partition coefficient (Wildman–Crippen LogP) is 1.21. The molecule has 0 aliphatic carbocycles. The molecule has 0 aromatic heterocycles. The molecular formula is C19H27N3O5S. The number of ether oxygens (including phenoxy) is 1. The second kappa shape index (κ2) is 9.02. The van der Waals surface area contributed by atoms with Gasteiger partial charge in [0.15, 0.2) is 0 Å². The summed E-state index contributed by atoms with van der Waals surface area (Å²) in [5, 5.41) is 5.67. The minimum absolute atomic E-state index is 0.0370. The van der Waals surface area contributed by atoms with Crippen LogP contribution in [-0.4, -0.2) is 63.1 Å². The molecule has 2 fully saturated rings. The number of sulfonamides is 1. The number of hydrogen-bond donors (Lipinski definition) is 2. The molecule has 154 valence electrons. The maximum Gasteiger partial charge on any atom is 0.253 e. The van der Waals surface area contributed by atoms with Gasteiger partial charge in [-0.3, -0.25) is 9.59 Å². The number of nitrogens with one attached hydrogen (secondary N) is 2. The molecule has 0 saturated carbocycles. The number of nitrogens with zero attached hydrogens (tertiary/aromatic N) is 1. The van der Waals surface area contributed by atoms with E-state index in [4.69, 9.17) is 4.74 Å². The molecule has 0 bridgehead atoms. The third kappa shape index (κ3) is 5.30. The van der Waals surface area contributed by atoms with Gasteiger partial charge in [0, 0.05) is 26.2 Å². The van der Waals surface area contributed by atoms with Crippen molar-refractivity contribution < 1.29 is 22.7 Å². The first-order chi connectivity index (χ1) is 13.3. The van der Waals surface area contributed by atoms with E-state index in [-0.39, 0.29) is 24.5 Å². The van der Waals surface area contributed by atoms with Gasteiger partial charge in [0.05, 0.1) is 29.5 Å². The molecule has 2 amide bonds. The van der Waals surface area contributed by atoms with Crippen molar-refractivity contribution in [3.05, 3.63) is 29.8 Å². The van der Waals surface area contributed by atoms with Crippen LogP contribution in [0.25, 0.3) is 0 Å². The van der Waals surface area contributed by atoms with Crippen molar-refractivity contribution in [3.63, 3.8) is 0 Å². The molecule has 2 aliphatic rings. The fourth-order valence-electron chi connectivity index (χ4n) is 3.59. The highest BCUT2D eigenvalue weighted by molar-refractivity contribution is 7.88. The average Bonchev–Trinajstić information content (AvgIpc) is 3.19. The molecule has 1 aromatic rings. The summed E-state index contributed by atoms with van der Waals surface area (Å²) in [6.07, 6.45) is 4.37. The highest BCUT2D eigenvalue weighted by atomic mass is 32.2. The summed E-state index contributed by atoms with van der Waals surface area (Å²) in [5.41, 5.74) is 0.804. The van der Waals surface area contributed by atoms with E-state index in [1.807, 2.05) is 0 Å². The van der Waals surface area contributed by atoms with E-state index in [2.05, 4.69) is 10.6 Å². The Morgan fingerprint density at radius 2 is 2.00 bits per heavy atom. The summed E-state index contributed by atoms with van der Waals surface area (Å²) in [4.78, 5) is 25.3. The highest BCUT2D eigenvalue weighted by Crippen LogP contribution is 2.22. The normalized spacial score (nSPS) is 23.3. The van der Waals surface area contributed by atoms with Crippen molar-refractivity contribution in [2.75, 3.05) is 37.8 Å². The Labute approximate surface area is 165 Å². The van der Waals surface area contributed by atoms with Crippen molar-refractivity contribution >= 4 is 27.5 Å². The number of amides is 2. The van der Waals surface area contributed by atoms with Crippen LogP contribution in [-0.2, 0) is 19.6 Å². The van der Waals surface area contributed by atoms with E-state index in [1.165, 1.54) is 4.31 Å².